The molecule has 1 aromatic heterocycles. The van der Waals surface area contributed by atoms with Crippen LogP contribution in [0.4, 0.5) is 4.39 Å². The fraction of sp³-hybridized carbons (Fsp3) is 0.438. The van der Waals surface area contributed by atoms with Gasteiger partial charge in [-0.05, 0) is 45.0 Å². The van der Waals surface area contributed by atoms with Crippen molar-refractivity contribution >= 4 is 0 Å². The summed E-state index contributed by atoms with van der Waals surface area (Å²) in [4.78, 5) is 0. The summed E-state index contributed by atoms with van der Waals surface area (Å²) in [6, 6.07) is 5.29. The molecule has 1 heterocycles. The Morgan fingerprint density at radius 1 is 1.30 bits per heavy atom. The first-order chi connectivity index (χ1) is 9.58. The number of benzene rings is 1. The van der Waals surface area contributed by atoms with Gasteiger partial charge in [0.2, 0.25) is 0 Å². The fourth-order valence-electron chi connectivity index (χ4n) is 2.60. The lowest BCUT2D eigenvalue weighted by atomic mass is 10.0. The van der Waals surface area contributed by atoms with Crippen LogP contribution in [0, 0.1) is 19.7 Å². The van der Waals surface area contributed by atoms with Crippen LogP contribution in [0.15, 0.2) is 18.2 Å². The predicted octanol–water partition coefficient (Wildman–Crippen LogP) is 3.44. The summed E-state index contributed by atoms with van der Waals surface area (Å²) >= 11 is 0. The third-order valence-corrected chi connectivity index (χ3v) is 3.52. The molecule has 0 aliphatic carbocycles. The molecule has 0 atom stereocenters. The molecular weight excluding hydrogens is 253 g/mol. The van der Waals surface area contributed by atoms with E-state index in [4.69, 9.17) is 0 Å². The molecule has 2 aromatic rings. The fourth-order valence-corrected chi connectivity index (χ4v) is 2.60. The highest BCUT2D eigenvalue weighted by Gasteiger charge is 2.14. The Balaban J connectivity index is 2.48. The average Bonchev–Trinajstić information content (AvgIpc) is 2.68. The molecule has 0 saturated heterocycles. The van der Waals surface area contributed by atoms with Crippen LogP contribution in [0.25, 0.3) is 11.1 Å². The van der Waals surface area contributed by atoms with E-state index in [1.54, 1.807) is 0 Å². The zero-order valence-electron chi connectivity index (χ0n) is 12.6. The molecule has 0 saturated carbocycles. The van der Waals surface area contributed by atoms with Gasteiger partial charge < -0.3 is 5.32 Å². The number of halogens is 1. The van der Waals surface area contributed by atoms with E-state index in [0.29, 0.717) is 12.1 Å². The monoisotopic (exact) mass is 275 g/mol. The highest BCUT2D eigenvalue weighted by Crippen LogP contribution is 2.28. The maximum Gasteiger partial charge on any atom is 0.127 e. The molecule has 4 heteroatoms. The normalized spacial score (nSPS) is 11.1. The van der Waals surface area contributed by atoms with E-state index >= 15 is 0 Å². The topological polar surface area (TPSA) is 29.9 Å². The molecule has 0 amide bonds. The maximum absolute atomic E-state index is 13.7. The first-order valence-electron chi connectivity index (χ1n) is 7.05. The summed E-state index contributed by atoms with van der Waals surface area (Å²) in [5, 5.41) is 7.58. The molecule has 0 spiro atoms. The van der Waals surface area contributed by atoms with Crippen molar-refractivity contribution in [3.05, 3.63) is 41.0 Å². The third kappa shape index (κ3) is 2.75. The third-order valence-electron chi connectivity index (χ3n) is 3.52. The summed E-state index contributed by atoms with van der Waals surface area (Å²) in [5.41, 5.74) is 4.99. The molecule has 0 fully saturated rings. The lowest BCUT2D eigenvalue weighted by Gasteiger charge is -2.08. The summed E-state index contributed by atoms with van der Waals surface area (Å²) < 4.78 is 15.8. The molecule has 20 heavy (non-hydrogen) atoms. The van der Waals surface area contributed by atoms with Crippen LogP contribution in [0.5, 0.6) is 0 Å². The van der Waals surface area contributed by atoms with Crippen LogP contribution >= 0.6 is 0 Å². The van der Waals surface area contributed by atoms with Crippen molar-refractivity contribution in [3.8, 4) is 11.1 Å². The minimum atomic E-state index is -0.167. The van der Waals surface area contributed by atoms with Crippen LogP contribution in [0.1, 0.15) is 30.3 Å². The molecule has 1 aromatic carbocycles. The molecule has 3 nitrogen and oxygen atoms in total. The van der Waals surface area contributed by atoms with Crippen molar-refractivity contribution in [2.45, 2.75) is 40.3 Å². The molecule has 0 unspecified atom stereocenters. The Kier molecular flexibility index (Phi) is 4.55. The molecule has 0 bridgehead atoms. The van der Waals surface area contributed by atoms with Crippen molar-refractivity contribution < 1.29 is 4.39 Å². The van der Waals surface area contributed by atoms with Gasteiger partial charge in [-0.1, -0.05) is 13.0 Å². The number of aryl methyl sites for hydroxylation is 2. The van der Waals surface area contributed by atoms with E-state index < -0.39 is 0 Å². The first kappa shape index (κ1) is 14.7. The van der Waals surface area contributed by atoms with Crippen LogP contribution < -0.4 is 5.32 Å². The van der Waals surface area contributed by atoms with Gasteiger partial charge >= 0.3 is 0 Å². The summed E-state index contributed by atoms with van der Waals surface area (Å²) in [7, 11) is 1.82. The van der Waals surface area contributed by atoms with Gasteiger partial charge in [0.15, 0.2) is 0 Å². The number of nitrogens with zero attached hydrogens (tertiary/aromatic N) is 2. The molecule has 0 aliphatic rings. The number of hydrogen-bond donors (Lipinski definition) is 1. The van der Waals surface area contributed by atoms with E-state index in [-0.39, 0.29) is 5.82 Å². The highest BCUT2D eigenvalue weighted by atomic mass is 19.1. The van der Waals surface area contributed by atoms with E-state index in [9.17, 15) is 4.39 Å². The number of aromatic nitrogens is 2. The van der Waals surface area contributed by atoms with E-state index in [2.05, 4.69) is 24.3 Å². The SMILES string of the molecule is CCCn1nc(C)c(-c2ccc(F)c(CNC)c2)c1C. The van der Waals surface area contributed by atoms with Gasteiger partial charge in [-0.2, -0.15) is 5.10 Å². The minimum Gasteiger partial charge on any atom is -0.316 e. The Hall–Kier alpha value is -1.68. The first-order valence-corrected chi connectivity index (χ1v) is 7.05. The maximum atomic E-state index is 13.7. The second-order valence-corrected chi connectivity index (χ2v) is 5.11. The summed E-state index contributed by atoms with van der Waals surface area (Å²) in [6.07, 6.45) is 1.05. The van der Waals surface area contributed by atoms with E-state index in [1.807, 2.05) is 30.8 Å². The van der Waals surface area contributed by atoms with Gasteiger partial charge in [-0.15, -0.1) is 0 Å². The molecule has 0 radical (unpaired) electrons. The van der Waals surface area contributed by atoms with Crippen LogP contribution in [0.2, 0.25) is 0 Å². The molecule has 108 valence electrons. The Morgan fingerprint density at radius 2 is 2.05 bits per heavy atom. The van der Waals surface area contributed by atoms with E-state index in [1.165, 1.54) is 6.07 Å². The Bertz CT molecular complexity index is 602. The summed E-state index contributed by atoms with van der Waals surface area (Å²) in [5.74, 6) is -0.167. The standard InChI is InChI=1S/C16H22FN3/c1-5-8-20-12(3)16(11(2)19-20)13-6-7-15(17)14(9-13)10-18-4/h6-7,9,18H,5,8,10H2,1-4H3. The number of nitrogens with one attached hydrogen (secondary N) is 1. The Morgan fingerprint density at radius 3 is 2.70 bits per heavy atom. The smallest absolute Gasteiger partial charge is 0.127 e. The average molecular weight is 275 g/mol. The van der Waals surface area contributed by atoms with Gasteiger partial charge in [0.05, 0.1) is 5.69 Å². The van der Waals surface area contributed by atoms with Gasteiger partial charge in [-0.3, -0.25) is 4.68 Å². The van der Waals surface area contributed by atoms with Gasteiger partial charge in [-0.25, -0.2) is 4.39 Å². The number of rotatable bonds is 5. The van der Waals surface area contributed by atoms with Crippen molar-refractivity contribution in [1.29, 1.82) is 0 Å². The number of hydrogen-bond acceptors (Lipinski definition) is 2. The molecule has 0 aliphatic heterocycles. The zero-order chi connectivity index (χ0) is 14.7. The Labute approximate surface area is 119 Å². The minimum absolute atomic E-state index is 0.167. The summed E-state index contributed by atoms with van der Waals surface area (Å²) in [6.45, 7) is 7.67. The van der Waals surface area contributed by atoms with Gasteiger partial charge in [0.25, 0.3) is 0 Å². The van der Waals surface area contributed by atoms with Crippen molar-refractivity contribution in [2.75, 3.05) is 7.05 Å². The van der Waals surface area contributed by atoms with Crippen molar-refractivity contribution in [1.82, 2.24) is 15.1 Å². The highest BCUT2D eigenvalue weighted by molar-refractivity contribution is 5.69. The lowest BCUT2D eigenvalue weighted by Crippen LogP contribution is -2.07. The zero-order valence-corrected chi connectivity index (χ0v) is 12.6. The van der Waals surface area contributed by atoms with Crippen LogP contribution in [-0.2, 0) is 13.1 Å². The van der Waals surface area contributed by atoms with Crippen LogP contribution in [-0.4, -0.2) is 16.8 Å². The quantitative estimate of drug-likeness (QED) is 0.906. The second-order valence-electron chi connectivity index (χ2n) is 5.11. The predicted molar refractivity (Wildman–Crippen MR) is 80.1 cm³/mol. The second kappa shape index (κ2) is 6.18. The van der Waals surface area contributed by atoms with Crippen molar-refractivity contribution in [2.24, 2.45) is 0 Å². The lowest BCUT2D eigenvalue weighted by molar-refractivity contribution is 0.583. The van der Waals surface area contributed by atoms with Gasteiger partial charge in [0.1, 0.15) is 5.82 Å². The van der Waals surface area contributed by atoms with Crippen molar-refractivity contribution in [3.63, 3.8) is 0 Å². The molecular formula is C16H22FN3. The largest absolute Gasteiger partial charge is 0.316 e. The van der Waals surface area contributed by atoms with Crippen LogP contribution in [0.3, 0.4) is 0 Å². The molecule has 1 N–H and O–H groups in total. The molecule has 2 rings (SSSR count). The van der Waals surface area contributed by atoms with Gasteiger partial charge in [0, 0.05) is 29.9 Å². The van der Waals surface area contributed by atoms with E-state index in [0.717, 1.165) is 35.5 Å².